The number of hydrogen-bond donors (Lipinski definition) is 2. The fraction of sp³-hybridized carbons (Fsp3) is 0.643. The number of nitrogen functional groups attached to an aromatic ring is 1. The number of rotatable bonds is 7. The van der Waals surface area contributed by atoms with Crippen molar-refractivity contribution < 1.29 is 0 Å². The molecule has 0 aliphatic rings. The van der Waals surface area contributed by atoms with E-state index in [9.17, 15) is 0 Å². The van der Waals surface area contributed by atoms with Crippen LogP contribution in [0.3, 0.4) is 0 Å². The molecule has 1 aromatic rings. The quantitative estimate of drug-likeness (QED) is 0.764. The number of nitrogens with two attached hydrogens (primary N) is 1. The zero-order chi connectivity index (χ0) is 12.7. The van der Waals surface area contributed by atoms with E-state index in [0.717, 1.165) is 24.9 Å². The van der Waals surface area contributed by atoms with Crippen LogP contribution in [0, 0.1) is 5.92 Å². The van der Waals surface area contributed by atoms with Crippen LogP contribution in [-0.2, 0) is 6.42 Å². The lowest BCUT2D eigenvalue weighted by atomic mass is 9.96. The molecule has 1 aromatic heterocycles. The van der Waals surface area contributed by atoms with Gasteiger partial charge in [-0.1, -0.05) is 26.8 Å². The first-order valence-corrected chi connectivity index (χ1v) is 6.57. The predicted octanol–water partition coefficient (Wildman–Crippen LogP) is 2.62. The molecular weight excluding hydrogens is 210 g/mol. The fourth-order valence-electron chi connectivity index (χ4n) is 1.97. The van der Waals surface area contributed by atoms with Crippen LogP contribution in [0.15, 0.2) is 18.3 Å². The highest BCUT2D eigenvalue weighted by atomic mass is 14.9. The highest BCUT2D eigenvalue weighted by Crippen LogP contribution is 2.14. The summed E-state index contributed by atoms with van der Waals surface area (Å²) >= 11 is 0. The van der Waals surface area contributed by atoms with E-state index >= 15 is 0 Å². The molecule has 1 atom stereocenters. The Balaban J connectivity index is 2.49. The lowest BCUT2D eigenvalue weighted by Gasteiger charge is -2.22. The first kappa shape index (κ1) is 14.0. The summed E-state index contributed by atoms with van der Waals surface area (Å²) in [6, 6.07) is 4.59. The standard InChI is InChI=1S/C14H25N3/c1-4-9-16-13(11(2)3)8-7-12-6-5-10-17-14(12)15/h5-6,10-11,13,16H,4,7-9H2,1-3H3,(H2,15,17). The molecule has 0 spiro atoms. The molecule has 1 unspecified atom stereocenters. The minimum absolute atomic E-state index is 0.564. The van der Waals surface area contributed by atoms with E-state index in [2.05, 4.69) is 37.1 Å². The molecule has 3 nitrogen and oxygen atoms in total. The van der Waals surface area contributed by atoms with Crippen LogP contribution in [-0.4, -0.2) is 17.6 Å². The average Bonchev–Trinajstić information content (AvgIpc) is 2.31. The van der Waals surface area contributed by atoms with Crippen LogP contribution in [0.5, 0.6) is 0 Å². The number of nitrogens with zero attached hydrogens (tertiary/aromatic N) is 1. The largest absolute Gasteiger partial charge is 0.383 e. The third-order valence-electron chi connectivity index (χ3n) is 3.11. The first-order valence-electron chi connectivity index (χ1n) is 6.57. The topological polar surface area (TPSA) is 50.9 Å². The van der Waals surface area contributed by atoms with Crippen molar-refractivity contribution in [3.63, 3.8) is 0 Å². The van der Waals surface area contributed by atoms with Gasteiger partial charge < -0.3 is 11.1 Å². The van der Waals surface area contributed by atoms with Crippen LogP contribution in [0.4, 0.5) is 5.82 Å². The predicted molar refractivity (Wildman–Crippen MR) is 73.9 cm³/mol. The molecule has 0 aromatic carbocycles. The lowest BCUT2D eigenvalue weighted by Crippen LogP contribution is -2.34. The lowest BCUT2D eigenvalue weighted by molar-refractivity contribution is 0.378. The van der Waals surface area contributed by atoms with Crippen molar-refractivity contribution in [3.05, 3.63) is 23.9 Å². The van der Waals surface area contributed by atoms with Gasteiger partial charge in [0.25, 0.3) is 0 Å². The summed E-state index contributed by atoms with van der Waals surface area (Å²) in [5.41, 5.74) is 7.01. The van der Waals surface area contributed by atoms with Crippen LogP contribution < -0.4 is 11.1 Å². The van der Waals surface area contributed by atoms with Gasteiger partial charge in [0.15, 0.2) is 0 Å². The monoisotopic (exact) mass is 235 g/mol. The molecule has 0 aliphatic carbocycles. The van der Waals surface area contributed by atoms with Gasteiger partial charge in [-0.2, -0.15) is 0 Å². The summed E-state index contributed by atoms with van der Waals surface area (Å²) in [5.74, 6) is 1.32. The van der Waals surface area contributed by atoms with Crippen molar-refractivity contribution >= 4 is 5.82 Å². The van der Waals surface area contributed by atoms with Crippen LogP contribution >= 0.6 is 0 Å². The van der Waals surface area contributed by atoms with Gasteiger partial charge in [-0.3, -0.25) is 0 Å². The Morgan fingerprint density at radius 1 is 1.41 bits per heavy atom. The average molecular weight is 235 g/mol. The van der Waals surface area contributed by atoms with Crippen molar-refractivity contribution in [1.82, 2.24) is 10.3 Å². The molecule has 1 heterocycles. The fourth-order valence-corrected chi connectivity index (χ4v) is 1.97. The highest BCUT2D eigenvalue weighted by molar-refractivity contribution is 5.38. The number of nitrogens with one attached hydrogen (secondary N) is 1. The van der Waals surface area contributed by atoms with Crippen LogP contribution in [0.25, 0.3) is 0 Å². The van der Waals surface area contributed by atoms with Crippen molar-refractivity contribution in [3.8, 4) is 0 Å². The summed E-state index contributed by atoms with van der Waals surface area (Å²) in [4.78, 5) is 4.12. The Labute approximate surface area is 105 Å². The summed E-state index contributed by atoms with van der Waals surface area (Å²) < 4.78 is 0. The molecule has 0 saturated heterocycles. The molecular formula is C14H25N3. The molecule has 3 heteroatoms. The number of anilines is 1. The summed E-state index contributed by atoms with van der Waals surface area (Å²) in [5, 5.41) is 3.60. The second-order valence-electron chi connectivity index (χ2n) is 4.89. The normalized spacial score (nSPS) is 12.9. The number of aromatic nitrogens is 1. The van der Waals surface area contributed by atoms with Gasteiger partial charge >= 0.3 is 0 Å². The van der Waals surface area contributed by atoms with Gasteiger partial charge in [0.1, 0.15) is 5.82 Å². The SMILES string of the molecule is CCCNC(CCc1cccnc1N)C(C)C. The first-order chi connectivity index (χ1) is 8.15. The van der Waals surface area contributed by atoms with E-state index in [-0.39, 0.29) is 0 Å². The Hall–Kier alpha value is -1.09. The molecule has 0 amide bonds. The maximum absolute atomic E-state index is 5.85. The Morgan fingerprint density at radius 3 is 2.76 bits per heavy atom. The molecule has 96 valence electrons. The van der Waals surface area contributed by atoms with E-state index in [1.807, 2.05) is 6.07 Å². The molecule has 0 aliphatic heterocycles. The minimum Gasteiger partial charge on any atom is -0.383 e. The van der Waals surface area contributed by atoms with Crippen molar-refractivity contribution in [1.29, 1.82) is 0 Å². The van der Waals surface area contributed by atoms with Gasteiger partial charge in [0.2, 0.25) is 0 Å². The summed E-state index contributed by atoms with van der Waals surface area (Å²) in [7, 11) is 0. The van der Waals surface area contributed by atoms with Gasteiger partial charge in [-0.15, -0.1) is 0 Å². The summed E-state index contributed by atoms with van der Waals surface area (Å²) in [6.45, 7) is 7.81. The van der Waals surface area contributed by atoms with Gasteiger partial charge in [-0.05, 0) is 43.4 Å². The van der Waals surface area contributed by atoms with E-state index in [1.165, 1.54) is 6.42 Å². The Kier molecular flexibility index (Phi) is 5.98. The van der Waals surface area contributed by atoms with E-state index in [4.69, 9.17) is 5.73 Å². The molecule has 0 fully saturated rings. The van der Waals surface area contributed by atoms with Crippen molar-refractivity contribution in [2.24, 2.45) is 5.92 Å². The third-order valence-corrected chi connectivity index (χ3v) is 3.11. The number of aryl methyl sites for hydroxylation is 1. The van der Waals surface area contributed by atoms with Crippen molar-refractivity contribution in [2.75, 3.05) is 12.3 Å². The smallest absolute Gasteiger partial charge is 0.126 e. The molecule has 0 bridgehead atoms. The Bertz CT molecular complexity index is 323. The van der Waals surface area contributed by atoms with Crippen molar-refractivity contribution in [2.45, 2.75) is 46.1 Å². The van der Waals surface area contributed by atoms with Gasteiger partial charge in [0, 0.05) is 12.2 Å². The minimum atomic E-state index is 0.564. The number of pyridine rings is 1. The summed E-state index contributed by atoms with van der Waals surface area (Å²) in [6.07, 6.45) is 5.04. The van der Waals surface area contributed by atoms with E-state index < -0.39 is 0 Å². The molecule has 0 radical (unpaired) electrons. The van der Waals surface area contributed by atoms with E-state index in [1.54, 1.807) is 6.20 Å². The molecule has 1 rings (SSSR count). The molecule has 3 N–H and O–H groups in total. The second-order valence-corrected chi connectivity index (χ2v) is 4.89. The van der Waals surface area contributed by atoms with Crippen LogP contribution in [0.2, 0.25) is 0 Å². The molecule has 17 heavy (non-hydrogen) atoms. The Morgan fingerprint density at radius 2 is 2.18 bits per heavy atom. The van der Waals surface area contributed by atoms with Gasteiger partial charge in [0.05, 0.1) is 0 Å². The maximum atomic E-state index is 5.85. The second kappa shape index (κ2) is 7.28. The zero-order valence-corrected chi connectivity index (χ0v) is 11.2. The van der Waals surface area contributed by atoms with Gasteiger partial charge in [-0.25, -0.2) is 4.98 Å². The molecule has 0 saturated carbocycles. The highest BCUT2D eigenvalue weighted by Gasteiger charge is 2.12. The van der Waals surface area contributed by atoms with Crippen LogP contribution in [0.1, 0.15) is 39.2 Å². The number of hydrogen-bond acceptors (Lipinski definition) is 3. The third kappa shape index (κ3) is 4.73. The maximum Gasteiger partial charge on any atom is 0.126 e. The van der Waals surface area contributed by atoms with E-state index in [0.29, 0.717) is 17.8 Å². The zero-order valence-electron chi connectivity index (χ0n) is 11.2.